The summed E-state index contributed by atoms with van der Waals surface area (Å²) in [6.45, 7) is 3.76. The molecule has 0 spiro atoms. The number of amides is 1. The molecule has 6 heteroatoms. The third-order valence-corrected chi connectivity index (χ3v) is 4.09. The number of carbonyl (C=O) groups excluding carboxylic acids is 1. The molecule has 2 aromatic rings. The van der Waals surface area contributed by atoms with Crippen molar-refractivity contribution in [3.63, 3.8) is 0 Å². The zero-order valence-corrected chi connectivity index (χ0v) is 13.4. The molecule has 0 bridgehead atoms. The molecule has 1 aliphatic heterocycles. The summed E-state index contributed by atoms with van der Waals surface area (Å²) >= 11 is 0. The van der Waals surface area contributed by atoms with Crippen LogP contribution in [0.5, 0.6) is 0 Å². The van der Waals surface area contributed by atoms with Gasteiger partial charge in [0.15, 0.2) is 5.82 Å². The van der Waals surface area contributed by atoms with Crippen molar-refractivity contribution in [1.29, 1.82) is 0 Å². The SMILES string of the molecule is COC[C@@H](C)c1nc([C@@H]2CC(=O)N(Cc3ccccc3)C2)no1. The molecule has 1 amide bonds. The summed E-state index contributed by atoms with van der Waals surface area (Å²) in [5.41, 5.74) is 1.13. The van der Waals surface area contributed by atoms with Crippen LogP contribution in [0.2, 0.25) is 0 Å². The molecule has 6 nitrogen and oxygen atoms in total. The van der Waals surface area contributed by atoms with Crippen LogP contribution in [0.1, 0.15) is 42.5 Å². The Hall–Kier alpha value is -2.21. The van der Waals surface area contributed by atoms with Gasteiger partial charge in [-0.05, 0) is 5.56 Å². The van der Waals surface area contributed by atoms with Gasteiger partial charge in [0.1, 0.15) is 0 Å². The number of methoxy groups -OCH3 is 1. The van der Waals surface area contributed by atoms with Gasteiger partial charge < -0.3 is 14.2 Å². The summed E-state index contributed by atoms with van der Waals surface area (Å²) in [5, 5.41) is 4.06. The van der Waals surface area contributed by atoms with Crippen LogP contribution >= 0.6 is 0 Å². The predicted molar refractivity (Wildman–Crippen MR) is 83.8 cm³/mol. The topological polar surface area (TPSA) is 68.5 Å². The lowest BCUT2D eigenvalue weighted by atomic mass is 10.1. The summed E-state index contributed by atoms with van der Waals surface area (Å²) in [4.78, 5) is 18.5. The molecule has 23 heavy (non-hydrogen) atoms. The lowest BCUT2D eigenvalue weighted by Crippen LogP contribution is -2.24. The van der Waals surface area contributed by atoms with Crippen LogP contribution in [0.15, 0.2) is 34.9 Å². The van der Waals surface area contributed by atoms with Crippen molar-refractivity contribution >= 4 is 5.91 Å². The molecule has 1 aromatic carbocycles. The Bertz CT molecular complexity index is 656. The van der Waals surface area contributed by atoms with Crippen molar-refractivity contribution in [1.82, 2.24) is 15.0 Å². The number of ether oxygens (including phenoxy) is 1. The maximum atomic E-state index is 12.2. The lowest BCUT2D eigenvalue weighted by Gasteiger charge is -2.15. The van der Waals surface area contributed by atoms with E-state index in [0.717, 1.165) is 5.56 Å². The molecule has 0 radical (unpaired) electrons. The molecular weight excluding hydrogens is 294 g/mol. The molecule has 0 N–H and O–H groups in total. The Kier molecular flexibility index (Phi) is 4.71. The fourth-order valence-electron chi connectivity index (χ4n) is 2.84. The Morgan fingerprint density at radius 1 is 1.39 bits per heavy atom. The van der Waals surface area contributed by atoms with Crippen molar-refractivity contribution in [2.24, 2.45) is 0 Å². The summed E-state index contributed by atoms with van der Waals surface area (Å²) < 4.78 is 10.4. The molecule has 2 atom stereocenters. The number of carbonyl (C=O) groups is 1. The lowest BCUT2D eigenvalue weighted by molar-refractivity contribution is -0.128. The molecule has 1 fully saturated rings. The van der Waals surface area contributed by atoms with Gasteiger partial charge in [-0.15, -0.1) is 0 Å². The third kappa shape index (κ3) is 3.59. The fraction of sp³-hybridized carbons (Fsp3) is 0.471. The van der Waals surface area contributed by atoms with E-state index in [1.807, 2.05) is 42.2 Å². The van der Waals surface area contributed by atoms with Crippen LogP contribution in [-0.4, -0.2) is 41.2 Å². The van der Waals surface area contributed by atoms with Crippen LogP contribution < -0.4 is 0 Å². The van der Waals surface area contributed by atoms with Gasteiger partial charge in [0.2, 0.25) is 11.8 Å². The summed E-state index contributed by atoms with van der Waals surface area (Å²) in [5.74, 6) is 1.37. The van der Waals surface area contributed by atoms with E-state index in [1.54, 1.807) is 7.11 Å². The van der Waals surface area contributed by atoms with Gasteiger partial charge in [-0.2, -0.15) is 4.98 Å². The minimum Gasteiger partial charge on any atom is -0.384 e. The number of hydrogen-bond donors (Lipinski definition) is 0. The van der Waals surface area contributed by atoms with Gasteiger partial charge in [0.25, 0.3) is 0 Å². The number of benzene rings is 1. The zero-order chi connectivity index (χ0) is 16.2. The normalized spacial score (nSPS) is 19.3. The van der Waals surface area contributed by atoms with E-state index in [9.17, 15) is 4.79 Å². The highest BCUT2D eigenvalue weighted by Crippen LogP contribution is 2.28. The molecule has 122 valence electrons. The summed E-state index contributed by atoms with van der Waals surface area (Å²) in [6, 6.07) is 9.99. The van der Waals surface area contributed by atoms with Gasteiger partial charge in [0.05, 0.1) is 12.5 Å². The average Bonchev–Trinajstić information content (AvgIpc) is 3.16. The molecule has 0 aliphatic carbocycles. The average molecular weight is 315 g/mol. The Morgan fingerprint density at radius 2 is 2.17 bits per heavy atom. The molecular formula is C17H21N3O3. The molecule has 0 unspecified atom stereocenters. The maximum Gasteiger partial charge on any atom is 0.231 e. The first kappa shape index (κ1) is 15.7. The van der Waals surface area contributed by atoms with E-state index in [4.69, 9.17) is 9.26 Å². The van der Waals surface area contributed by atoms with Crippen molar-refractivity contribution in [3.05, 3.63) is 47.6 Å². The van der Waals surface area contributed by atoms with Gasteiger partial charge in [0, 0.05) is 32.5 Å². The smallest absolute Gasteiger partial charge is 0.231 e. The second-order valence-electron chi connectivity index (χ2n) is 6.01. The van der Waals surface area contributed by atoms with E-state index in [-0.39, 0.29) is 17.7 Å². The van der Waals surface area contributed by atoms with Gasteiger partial charge in [-0.3, -0.25) is 4.79 Å². The van der Waals surface area contributed by atoms with Crippen LogP contribution in [-0.2, 0) is 16.1 Å². The quantitative estimate of drug-likeness (QED) is 0.818. The van der Waals surface area contributed by atoms with Crippen LogP contribution in [0.25, 0.3) is 0 Å². The number of rotatable bonds is 6. The molecule has 1 saturated heterocycles. The standard InChI is InChI=1S/C17H21N3O3/c1-12(11-22-2)17-18-16(19-23-17)14-8-15(21)20(10-14)9-13-6-4-3-5-7-13/h3-7,12,14H,8-11H2,1-2H3/t12-,14-/m1/s1. The number of likely N-dealkylation sites (tertiary alicyclic amines) is 1. The Balaban J connectivity index is 1.65. The van der Waals surface area contributed by atoms with E-state index >= 15 is 0 Å². The van der Waals surface area contributed by atoms with Crippen molar-refractivity contribution < 1.29 is 14.1 Å². The Morgan fingerprint density at radius 3 is 2.91 bits per heavy atom. The second-order valence-corrected chi connectivity index (χ2v) is 6.01. The molecule has 1 aromatic heterocycles. The minimum absolute atomic E-state index is 0.00143. The number of nitrogens with zero attached hydrogens (tertiary/aromatic N) is 3. The van der Waals surface area contributed by atoms with Crippen LogP contribution in [0.4, 0.5) is 0 Å². The Labute approximate surface area is 135 Å². The van der Waals surface area contributed by atoms with Gasteiger partial charge >= 0.3 is 0 Å². The first-order valence-corrected chi connectivity index (χ1v) is 7.81. The highest BCUT2D eigenvalue weighted by molar-refractivity contribution is 5.79. The van der Waals surface area contributed by atoms with E-state index in [2.05, 4.69) is 10.1 Å². The van der Waals surface area contributed by atoms with Crippen molar-refractivity contribution in [2.45, 2.75) is 31.7 Å². The van der Waals surface area contributed by atoms with Crippen LogP contribution in [0, 0.1) is 0 Å². The van der Waals surface area contributed by atoms with E-state index in [0.29, 0.717) is 37.8 Å². The first-order valence-electron chi connectivity index (χ1n) is 7.81. The first-order chi connectivity index (χ1) is 11.2. The summed E-state index contributed by atoms with van der Waals surface area (Å²) in [7, 11) is 1.64. The van der Waals surface area contributed by atoms with Crippen molar-refractivity contribution in [2.75, 3.05) is 20.3 Å². The number of hydrogen-bond acceptors (Lipinski definition) is 5. The van der Waals surface area contributed by atoms with Gasteiger partial charge in [-0.25, -0.2) is 0 Å². The van der Waals surface area contributed by atoms with E-state index < -0.39 is 0 Å². The fourth-order valence-corrected chi connectivity index (χ4v) is 2.84. The maximum absolute atomic E-state index is 12.2. The molecule has 3 rings (SSSR count). The van der Waals surface area contributed by atoms with Crippen molar-refractivity contribution in [3.8, 4) is 0 Å². The highest BCUT2D eigenvalue weighted by Gasteiger charge is 2.34. The highest BCUT2D eigenvalue weighted by atomic mass is 16.5. The molecule has 1 aliphatic rings. The largest absolute Gasteiger partial charge is 0.384 e. The molecule has 0 saturated carbocycles. The minimum atomic E-state index is -0.00143. The van der Waals surface area contributed by atoms with Crippen LogP contribution in [0.3, 0.4) is 0 Å². The number of aromatic nitrogens is 2. The van der Waals surface area contributed by atoms with Gasteiger partial charge in [-0.1, -0.05) is 42.4 Å². The third-order valence-electron chi connectivity index (χ3n) is 4.09. The predicted octanol–water partition coefficient (Wildman–Crippen LogP) is 2.34. The monoisotopic (exact) mass is 315 g/mol. The molecule has 2 heterocycles. The van der Waals surface area contributed by atoms with E-state index in [1.165, 1.54) is 0 Å². The summed E-state index contributed by atoms with van der Waals surface area (Å²) in [6.07, 6.45) is 0.435. The second kappa shape index (κ2) is 6.91. The zero-order valence-electron chi connectivity index (χ0n) is 13.4.